The maximum atomic E-state index is 13.1. The Labute approximate surface area is 267 Å². The first-order valence-electron chi connectivity index (χ1n) is 14.6. The van der Waals surface area contributed by atoms with Crippen molar-refractivity contribution in [1.29, 1.82) is 0 Å². The Morgan fingerprint density at radius 3 is 1.85 bits per heavy atom. The molecule has 3 aromatic rings. The summed E-state index contributed by atoms with van der Waals surface area (Å²) in [5.74, 6) is -0.341. The molecule has 246 valence electrons. The van der Waals surface area contributed by atoms with Gasteiger partial charge in [0.1, 0.15) is 0 Å². The molecule has 0 unspecified atom stereocenters. The molecule has 1 aromatic heterocycles. The number of Topliss-reactive ketones (excluding diaryl/α,β-unsaturated/α-hetero) is 1. The average Bonchev–Trinajstić information content (AvgIpc) is 2.97. The number of carbonyl (C=O) groups excluding carboxylic acids is 2. The van der Waals surface area contributed by atoms with Gasteiger partial charge in [-0.3, -0.25) is 9.59 Å². The van der Waals surface area contributed by atoms with Crippen LogP contribution in [-0.2, 0) is 11.0 Å². The predicted molar refractivity (Wildman–Crippen MR) is 169 cm³/mol. The molecule has 0 spiro atoms. The van der Waals surface area contributed by atoms with Crippen molar-refractivity contribution >= 4 is 52.5 Å². The molecule has 5 rings (SSSR count). The third kappa shape index (κ3) is 8.38. The summed E-state index contributed by atoms with van der Waals surface area (Å²) >= 11 is 5.95. The number of anilines is 5. The lowest BCUT2D eigenvalue weighted by Gasteiger charge is -2.37. The third-order valence-electron chi connectivity index (χ3n) is 7.56. The Bertz CT molecular complexity index is 1510. The molecule has 0 bridgehead atoms. The second-order valence-corrected chi connectivity index (χ2v) is 12.0. The monoisotopic (exact) mass is 661 g/mol. The molecule has 2 aromatic carbocycles. The summed E-state index contributed by atoms with van der Waals surface area (Å²) in [6.07, 6.45) is -3.87. The van der Waals surface area contributed by atoms with E-state index in [9.17, 15) is 22.8 Å². The lowest BCUT2D eigenvalue weighted by Crippen LogP contribution is -2.54. The first-order valence-corrected chi connectivity index (χ1v) is 15.0. The Morgan fingerprint density at radius 1 is 0.826 bits per heavy atom. The molecule has 10 N–H and O–H groups in total. The summed E-state index contributed by atoms with van der Waals surface area (Å²) in [7, 11) is 0. The highest BCUT2D eigenvalue weighted by atomic mass is 35.5. The summed E-state index contributed by atoms with van der Waals surface area (Å²) < 4.78 is 39.2. The maximum Gasteiger partial charge on any atom is 0.416 e. The molecular weight excluding hydrogens is 627 g/mol. The van der Waals surface area contributed by atoms with Gasteiger partial charge < -0.3 is 43.4 Å². The number of nitrogens with one attached hydrogen (secondary N) is 2. The normalized spacial score (nSPS) is 22.0. The molecule has 3 heterocycles. The second-order valence-electron chi connectivity index (χ2n) is 11.6. The molecule has 1 amide bonds. The Hall–Kier alpha value is -4.09. The highest BCUT2D eigenvalue weighted by Gasteiger charge is 2.32. The summed E-state index contributed by atoms with van der Waals surface area (Å²) in [4.78, 5) is 43.0. The summed E-state index contributed by atoms with van der Waals surface area (Å²) in [5, 5.41) is 5.32. The summed E-state index contributed by atoms with van der Waals surface area (Å²) in [5.41, 5.74) is 24.4. The number of halogens is 4. The molecular formula is C29H35ClF3N11O2. The number of piperidine rings is 2. The van der Waals surface area contributed by atoms with Gasteiger partial charge in [-0.15, -0.1) is 0 Å². The van der Waals surface area contributed by atoms with E-state index in [4.69, 9.17) is 39.5 Å². The SMILES string of the molecule is N[C@@H]1C[C@H](N)CN(c2nc(Nc3ccc(C(=O)CC(=O)Nc4cc(C(F)(F)F)ccc4Cl)cc3)nc(N3C[C@H](N)C[C@H](N)C3)n2)C1. The van der Waals surface area contributed by atoms with Gasteiger partial charge >= 0.3 is 6.18 Å². The van der Waals surface area contributed by atoms with Gasteiger partial charge in [0.25, 0.3) is 0 Å². The van der Waals surface area contributed by atoms with Crippen molar-refractivity contribution in [3.8, 4) is 0 Å². The maximum absolute atomic E-state index is 13.1. The van der Waals surface area contributed by atoms with E-state index in [1.807, 2.05) is 9.80 Å². The number of benzene rings is 2. The zero-order valence-corrected chi connectivity index (χ0v) is 25.4. The molecule has 46 heavy (non-hydrogen) atoms. The zero-order chi connectivity index (χ0) is 33.2. The zero-order valence-electron chi connectivity index (χ0n) is 24.7. The number of nitrogens with zero attached hydrogens (tertiary/aromatic N) is 5. The van der Waals surface area contributed by atoms with E-state index in [2.05, 4.69) is 20.6 Å². The van der Waals surface area contributed by atoms with Crippen LogP contribution in [0.3, 0.4) is 0 Å². The first-order chi connectivity index (χ1) is 21.7. The van der Waals surface area contributed by atoms with Crippen molar-refractivity contribution in [1.82, 2.24) is 15.0 Å². The van der Waals surface area contributed by atoms with Crippen molar-refractivity contribution in [3.05, 3.63) is 58.6 Å². The first kappa shape index (κ1) is 33.3. The van der Waals surface area contributed by atoms with Crippen LogP contribution in [0.15, 0.2) is 42.5 Å². The van der Waals surface area contributed by atoms with E-state index in [1.54, 1.807) is 12.1 Å². The molecule has 13 nitrogen and oxygen atoms in total. The number of amides is 1. The average molecular weight is 662 g/mol. The quantitative estimate of drug-likeness (QED) is 0.152. The molecule has 0 saturated carbocycles. The van der Waals surface area contributed by atoms with Gasteiger partial charge in [0.2, 0.25) is 23.8 Å². The number of alkyl halides is 3. The van der Waals surface area contributed by atoms with E-state index in [1.165, 1.54) is 12.1 Å². The van der Waals surface area contributed by atoms with Gasteiger partial charge in [-0.05, 0) is 55.3 Å². The number of ketones is 1. The van der Waals surface area contributed by atoms with Gasteiger partial charge in [-0.1, -0.05) is 11.6 Å². The fourth-order valence-electron chi connectivity index (χ4n) is 5.48. The van der Waals surface area contributed by atoms with Crippen LogP contribution < -0.4 is 43.4 Å². The van der Waals surface area contributed by atoms with E-state index in [0.717, 1.165) is 12.1 Å². The van der Waals surface area contributed by atoms with Crippen molar-refractivity contribution in [2.75, 3.05) is 46.6 Å². The largest absolute Gasteiger partial charge is 0.416 e. The Morgan fingerprint density at radius 2 is 1.35 bits per heavy atom. The van der Waals surface area contributed by atoms with Crippen molar-refractivity contribution < 1.29 is 22.8 Å². The topological polar surface area (TPSA) is 207 Å². The molecule has 2 saturated heterocycles. The Kier molecular flexibility index (Phi) is 9.93. The van der Waals surface area contributed by atoms with Gasteiger partial charge in [-0.25, -0.2) is 0 Å². The standard InChI is InChI=1S/C29H35ClF3N11O2/c30-22-6-3-16(29(31,32)33)7-23(22)39-25(46)10-24(45)15-1-4-21(5-2-15)38-26-40-27(43-11-17(34)8-18(35)12-43)42-28(41-26)44-13-19(36)9-20(37)14-44/h1-7,17-20H,8-14,34-37H2,(H,39,46)(H,38,40,41,42)/t17-,18+,19-,20+. The highest BCUT2D eigenvalue weighted by molar-refractivity contribution is 6.33. The molecule has 0 aliphatic carbocycles. The summed E-state index contributed by atoms with van der Waals surface area (Å²) in [6.45, 7) is 2.06. The van der Waals surface area contributed by atoms with Crippen LogP contribution in [0.1, 0.15) is 35.2 Å². The Balaban J connectivity index is 1.30. The minimum atomic E-state index is -4.62. The van der Waals surface area contributed by atoms with Crippen LogP contribution in [-0.4, -0.2) is 77.0 Å². The van der Waals surface area contributed by atoms with E-state index >= 15 is 0 Å². The molecule has 4 atom stereocenters. The summed E-state index contributed by atoms with van der Waals surface area (Å²) in [6, 6.07) is 8.18. The van der Waals surface area contributed by atoms with Crippen molar-refractivity contribution in [2.45, 2.75) is 49.6 Å². The molecule has 0 radical (unpaired) electrons. The van der Waals surface area contributed by atoms with Gasteiger partial charge in [0.15, 0.2) is 5.78 Å². The van der Waals surface area contributed by atoms with Gasteiger partial charge in [0, 0.05) is 61.6 Å². The van der Waals surface area contributed by atoms with Crippen LogP contribution in [0.2, 0.25) is 5.02 Å². The number of nitrogens with two attached hydrogens (primary N) is 4. The lowest BCUT2D eigenvalue weighted by atomic mass is 10.0. The minimum absolute atomic E-state index is 0.0918. The van der Waals surface area contributed by atoms with Crippen LogP contribution in [0.5, 0.6) is 0 Å². The molecule has 2 fully saturated rings. The van der Waals surface area contributed by atoms with Crippen LogP contribution >= 0.6 is 11.6 Å². The molecule has 2 aliphatic rings. The lowest BCUT2D eigenvalue weighted by molar-refractivity contribution is -0.137. The van der Waals surface area contributed by atoms with Crippen molar-refractivity contribution in [2.24, 2.45) is 22.9 Å². The van der Waals surface area contributed by atoms with Gasteiger partial charge in [0.05, 0.1) is 22.7 Å². The number of hydrogen-bond acceptors (Lipinski definition) is 12. The molecule has 17 heteroatoms. The van der Waals surface area contributed by atoms with E-state index in [0.29, 0.717) is 62.7 Å². The van der Waals surface area contributed by atoms with E-state index in [-0.39, 0.29) is 46.4 Å². The van der Waals surface area contributed by atoms with E-state index < -0.39 is 29.9 Å². The van der Waals surface area contributed by atoms with Crippen LogP contribution in [0.25, 0.3) is 0 Å². The number of hydrogen-bond donors (Lipinski definition) is 6. The molecule has 2 aliphatic heterocycles. The van der Waals surface area contributed by atoms with Crippen LogP contribution in [0.4, 0.5) is 42.4 Å². The fraction of sp³-hybridized carbons (Fsp3) is 0.414. The smallest absolute Gasteiger partial charge is 0.338 e. The van der Waals surface area contributed by atoms with Crippen LogP contribution in [0, 0.1) is 0 Å². The highest BCUT2D eigenvalue weighted by Crippen LogP contribution is 2.34. The van der Waals surface area contributed by atoms with Crippen molar-refractivity contribution in [3.63, 3.8) is 0 Å². The fourth-order valence-corrected chi connectivity index (χ4v) is 5.65. The number of carbonyl (C=O) groups is 2. The number of rotatable bonds is 8. The third-order valence-corrected chi connectivity index (χ3v) is 7.89. The predicted octanol–water partition coefficient (Wildman–Crippen LogP) is 2.23. The van der Waals surface area contributed by atoms with Gasteiger partial charge in [-0.2, -0.15) is 28.1 Å². The minimum Gasteiger partial charge on any atom is -0.338 e. The second kappa shape index (κ2) is 13.7. The number of aromatic nitrogens is 3.